The Kier molecular flexibility index (Phi) is 6.60. The fourth-order valence-corrected chi connectivity index (χ4v) is 4.22. The molecule has 3 rings (SSSR count). The summed E-state index contributed by atoms with van der Waals surface area (Å²) in [5, 5.41) is 4.09. The van der Waals surface area contributed by atoms with Crippen LogP contribution in [-0.4, -0.2) is 49.1 Å². The van der Waals surface area contributed by atoms with Crippen molar-refractivity contribution in [1.29, 1.82) is 0 Å². The highest BCUT2D eigenvalue weighted by Gasteiger charge is 2.27. The largest absolute Gasteiger partial charge is 0.368 e. The monoisotopic (exact) mass is 363 g/mol. The molecule has 5 heteroatoms. The molecule has 1 aliphatic carbocycles. The Labute approximate surface area is 156 Å². The maximum absolute atomic E-state index is 12.6. The van der Waals surface area contributed by atoms with E-state index in [4.69, 9.17) is 11.6 Å². The lowest BCUT2D eigenvalue weighted by molar-refractivity contribution is -0.126. The van der Waals surface area contributed by atoms with Gasteiger partial charge < -0.3 is 10.2 Å². The number of hydrogen-bond donors (Lipinski definition) is 1. The molecule has 0 bridgehead atoms. The minimum atomic E-state index is -0.0587. The van der Waals surface area contributed by atoms with Crippen molar-refractivity contribution in [2.24, 2.45) is 0 Å². The molecule has 0 unspecified atom stereocenters. The fourth-order valence-electron chi connectivity index (χ4n) is 3.97. The molecule has 4 nitrogen and oxygen atoms in total. The van der Waals surface area contributed by atoms with Crippen molar-refractivity contribution >= 4 is 23.2 Å². The van der Waals surface area contributed by atoms with Crippen LogP contribution >= 0.6 is 11.6 Å². The summed E-state index contributed by atoms with van der Waals surface area (Å²) in [5.74, 6) is 0.193. The second-order valence-corrected chi connectivity index (χ2v) is 7.75. The Bertz CT molecular complexity index is 564. The average molecular weight is 364 g/mol. The number of carbonyl (C=O) groups excluding carboxylic acids is 1. The predicted molar refractivity (Wildman–Crippen MR) is 104 cm³/mol. The van der Waals surface area contributed by atoms with Gasteiger partial charge in [-0.25, -0.2) is 0 Å². The molecule has 1 saturated carbocycles. The smallest absolute Gasteiger partial charge is 0.237 e. The first kappa shape index (κ1) is 18.5. The van der Waals surface area contributed by atoms with Crippen LogP contribution in [-0.2, 0) is 4.79 Å². The van der Waals surface area contributed by atoms with Gasteiger partial charge in [0.1, 0.15) is 0 Å². The summed E-state index contributed by atoms with van der Waals surface area (Å²) < 4.78 is 0. The third kappa shape index (κ3) is 4.89. The lowest BCUT2D eigenvalue weighted by Crippen LogP contribution is -2.55. The summed E-state index contributed by atoms with van der Waals surface area (Å²) in [4.78, 5) is 17.2. The third-order valence-corrected chi connectivity index (χ3v) is 5.96. The van der Waals surface area contributed by atoms with Crippen LogP contribution in [0, 0.1) is 0 Å². The normalized spacial score (nSPS) is 21.6. The number of anilines is 1. The van der Waals surface area contributed by atoms with Crippen molar-refractivity contribution in [2.75, 3.05) is 31.1 Å². The third-order valence-electron chi connectivity index (χ3n) is 5.64. The zero-order chi connectivity index (χ0) is 17.6. The van der Waals surface area contributed by atoms with Crippen LogP contribution < -0.4 is 10.2 Å². The molecule has 25 heavy (non-hydrogen) atoms. The van der Waals surface area contributed by atoms with Crippen LogP contribution in [0.1, 0.15) is 45.4 Å². The van der Waals surface area contributed by atoms with Crippen LogP contribution in [0.15, 0.2) is 24.3 Å². The number of amides is 1. The number of rotatable bonds is 4. The number of carbonyl (C=O) groups is 1. The molecule has 1 saturated heterocycles. The minimum Gasteiger partial charge on any atom is -0.368 e. The van der Waals surface area contributed by atoms with E-state index in [1.165, 1.54) is 25.7 Å². The zero-order valence-corrected chi connectivity index (χ0v) is 16.0. The minimum absolute atomic E-state index is 0.0587. The fraction of sp³-hybridized carbons (Fsp3) is 0.650. The Morgan fingerprint density at radius 3 is 2.36 bits per heavy atom. The van der Waals surface area contributed by atoms with Gasteiger partial charge in [0, 0.05) is 32.2 Å². The maximum Gasteiger partial charge on any atom is 0.237 e. The van der Waals surface area contributed by atoms with Crippen molar-refractivity contribution < 1.29 is 4.79 Å². The molecule has 2 aliphatic rings. The number of nitrogens with zero attached hydrogens (tertiary/aromatic N) is 2. The summed E-state index contributed by atoms with van der Waals surface area (Å²) in [7, 11) is 0. The number of hydrogen-bond acceptors (Lipinski definition) is 3. The van der Waals surface area contributed by atoms with Crippen LogP contribution in [0.3, 0.4) is 0 Å². The average Bonchev–Trinajstić information content (AvgIpc) is 2.90. The lowest BCUT2D eigenvalue weighted by Gasteiger charge is -2.39. The molecule has 2 fully saturated rings. The molecule has 1 heterocycles. The van der Waals surface area contributed by atoms with Gasteiger partial charge in [0.2, 0.25) is 5.91 Å². The van der Waals surface area contributed by atoms with E-state index >= 15 is 0 Å². The highest BCUT2D eigenvalue weighted by atomic mass is 35.5. The molecule has 1 aliphatic heterocycles. The van der Waals surface area contributed by atoms with Gasteiger partial charge in [0.15, 0.2) is 0 Å². The van der Waals surface area contributed by atoms with E-state index in [0.29, 0.717) is 6.04 Å². The maximum atomic E-state index is 12.6. The number of para-hydroxylation sites is 1. The molecule has 0 aromatic heterocycles. The van der Waals surface area contributed by atoms with Crippen molar-refractivity contribution in [1.82, 2.24) is 10.2 Å². The summed E-state index contributed by atoms with van der Waals surface area (Å²) in [6.07, 6.45) is 7.39. The van der Waals surface area contributed by atoms with E-state index in [2.05, 4.69) is 21.2 Å². The number of piperazine rings is 1. The lowest BCUT2D eigenvalue weighted by atomic mass is 10.1. The van der Waals surface area contributed by atoms with Crippen molar-refractivity contribution in [3.63, 3.8) is 0 Å². The van der Waals surface area contributed by atoms with Gasteiger partial charge in [-0.3, -0.25) is 9.69 Å². The van der Waals surface area contributed by atoms with Crippen molar-refractivity contribution in [2.45, 2.75) is 57.5 Å². The molecule has 1 N–H and O–H groups in total. The molecule has 1 amide bonds. The second-order valence-electron chi connectivity index (χ2n) is 7.35. The summed E-state index contributed by atoms with van der Waals surface area (Å²) in [6, 6.07) is 8.31. The van der Waals surface area contributed by atoms with Crippen LogP contribution in [0.4, 0.5) is 5.69 Å². The standard InChI is InChI=1S/C20H30ClN3O/c1-16(20(25)22-17-8-4-2-3-5-9-17)23-12-14-24(15-13-23)19-11-7-6-10-18(19)21/h6-7,10-11,16-17H,2-5,8-9,12-15H2,1H3,(H,22,25)/t16-/m0/s1. The first-order chi connectivity index (χ1) is 12.1. The van der Waals surface area contributed by atoms with Gasteiger partial charge in [-0.15, -0.1) is 0 Å². The first-order valence-electron chi connectivity index (χ1n) is 9.69. The van der Waals surface area contributed by atoms with Crippen molar-refractivity contribution in [3.8, 4) is 0 Å². The second kappa shape index (κ2) is 8.91. The Hall–Kier alpha value is -1.26. The SMILES string of the molecule is C[C@@H](C(=O)NC1CCCCCC1)N1CCN(c2ccccc2Cl)CC1. The highest BCUT2D eigenvalue weighted by molar-refractivity contribution is 6.33. The topological polar surface area (TPSA) is 35.6 Å². The summed E-state index contributed by atoms with van der Waals surface area (Å²) in [5.41, 5.74) is 1.10. The Morgan fingerprint density at radius 2 is 1.72 bits per heavy atom. The van der Waals surface area contributed by atoms with Gasteiger partial charge in [-0.1, -0.05) is 49.4 Å². The molecule has 1 aromatic carbocycles. The van der Waals surface area contributed by atoms with E-state index in [1.54, 1.807) is 0 Å². The molecule has 0 radical (unpaired) electrons. The van der Waals surface area contributed by atoms with Crippen molar-refractivity contribution in [3.05, 3.63) is 29.3 Å². The van der Waals surface area contributed by atoms with E-state index < -0.39 is 0 Å². The molecule has 1 atom stereocenters. The molecule has 138 valence electrons. The number of nitrogens with one attached hydrogen (secondary N) is 1. The Balaban J connectivity index is 1.50. The van der Waals surface area contributed by atoms with E-state index in [0.717, 1.165) is 49.7 Å². The van der Waals surface area contributed by atoms with Crippen LogP contribution in [0.5, 0.6) is 0 Å². The number of halogens is 1. The first-order valence-corrected chi connectivity index (χ1v) is 10.1. The van der Waals surface area contributed by atoms with Gasteiger partial charge in [0.25, 0.3) is 0 Å². The zero-order valence-electron chi connectivity index (χ0n) is 15.2. The number of benzene rings is 1. The van der Waals surface area contributed by atoms with Gasteiger partial charge in [-0.05, 0) is 31.9 Å². The van der Waals surface area contributed by atoms with E-state index in [9.17, 15) is 4.79 Å². The van der Waals surface area contributed by atoms with E-state index in [-0.39, 0.29) is 11.9 Å². The van der Waals surface area contributed by atoms with Gasteiger partial charge in [0.05, 0.1) is 16.8 Å². The Morgan fingerprint density at radius 1 is 1.08 bits per heavy atom. The van der Waals surface area contributed by atoms with Gasteiger partial charge in [-0.2, -0.15) is 0 Å². The molecular weight excluding hydrogens is 334 g/mol. The molecular formula is C20H30ClN3O. The predicted octanol–water partition coefficient (Wildman–Crippen LogP) is 3.69. The van der Waals surface area contributed by atoms with E-state index in [1.807, 2.05) is 25.1 Å². The highest BCUT2D eigenvalue weighted by Crippen LogP contribution is 2.26. The van der Waals surface area contributed by atoms with Crippen LogP contribution in [0.2, 0.25) is 5.02 Å². The quantitative estimate of drug-likeness (QED) is 0.829. The van der Waals surface area contributed by atoms with Crippen LogP contribution in [0.25, 0.3) is 0 Å². The summed E-state index contributed by atoms with van der Waals surface area (Å²) in [6.45, 7) is 5.64. The summed E-state index contributed by atoms with van der Waals surface area (Å²) >= 11 is 6.31. The molecule has 0 spiro atoms. The van der Waals surface area contributed by atoms with Gasteiger partial charge >= 0.3 is 0 Å². The molecule has 1 aromatic rings.